The van der Waals surface area contributed by atoms with Gasteiger partial charge in [0, 0.05) is 42.5 Å². The molecule has 7 nitrogen and oxygen atoms in total. The Balaban J connectivity index is 1.70. The number of rotatable bonds is 8. The fraction of sp³-hybridized carbons (Fsp3) is 0.636. The Bertz CT molecular complexity index is 915. The van der Waals surface area contributed by atoms with Gasteiger partial charge in [0.15, 0.2) is 16.8 Å². The molecule has 1 saturated heterocycles. The number of thioether (sulfide) groups is 1. The molecule has 8 heteroatoms. The first-order chi connectivity index (χ1) is 14.3. The van der Waals surface area contributed by atoms with Gasteiger partial charge in [-0.2, -0.15) is 0 Å². The van der Waals surface area contributed by atoms with E-state index in [1.54, 1.807) is 0 Å². The number of carbonyl (C=O) groups is 2. The van der Waals surface area contributed by atoms with Gasteiger partial charge >= 0.3 is 0 Å². The maximum atomic E-state index is 12.9. The van der Waals surface area contributed by atoms with Crippen LogP contribution in [0.15, 0.2) is 11.2 Å². The van der Waals surface area contributed by atoms with Gasteiger partial charge in [-0.3, -0.25) is 9.59 Å². The molecule has 1 fully saturated rings. The zero-order valence-corrected chi connectivity index (χ0v) is 19.6. The van der Waals surface area contributed by atoms with Crippen molar-refractivity contribution in [3.63, 3.8) is 0 Å². The molecule has 0 radical (unpaired) electrons. The van der Waals surface area contributed by atoms with E-state index in [9.17, 15) is 9.59 Å². The molecule has 2 aromatic rings. The SMILES string of the molecule is CCn1c(CN2CCCCCC2=O)nnc1SCC(=O)c1cc(C)n(C(C)C)c1C. The van der Waals surface area contributed by atoms with E-state index >= 15 is 0 Å². The van der Waals surface area contributed by atoms with Crippen LogP contribution in [0.4, 0.5) is 0 Å². The van der Waals surface area contributed by atoms with E-state index < -0.39 is 0 Å². The standard InChI is InChI=1S/C22H33N5O2S/c1-6-26-20(13-25-11-9-7-8-10-21(25)29)23-24-22(26)30-14-19(28)18-12-16(4)27(15(2)3)17(18)5/h12,15H,6-11,13-14H2,1-5H3. The smallest absolute Gasteiger partial charge is 0.222 e. The summed E-state index contributed by atoms with van der Waals surface area (Å²) in [4.78, 5) is 27.1. The average molecular weight is 432 g/mol. The van der Waals surface area contributed by atoms with Crippen LogP contribution in [-0.2, 0) is 17.9 Å². The molecular formula is C22H33N5O2S. The number of aryl methyl sites for hydroxylation is 1. The Morgan fingerprint density at radius 1 is 1.20 bits per heavy atom. The van der Waals surface area contributed by atoms with Crippen LogP contribution in [0.2, 0.25) is 0 Å². The minimum atomic E-state index is 0.106. The van der Waals surface area contributed by atoms with Crippen molar-refractivity contribution in [3.8, 4) is 0 Å². The number of ketones is 1. The lowest BCUT2D eigenvalue weighted by molar-refractivity contribution is -0.131. The average Bonchev–Trinajstić information content (AvgIpc) is 3.15. The Morgan fingerprint density at radius 2 is 1.97 bits per heavy atom. The molecule has 1 aliphatic heterocycles. The third kappa shape index (κ3) is 4.79. The molecule has 0 spiro atoms. The summed E-state index contributed by atoms with van der Waals surface area (Å²) < 4.78 is 4.22. The number of amides is 1. The zero-order valence-electron chi connectivity index (χ0n) is 18.8. The highest BCUT2D eigenvalue weighted by Gasteiger charge is 2.22. The highest BCUT2D eigenvalue weighted by Crippen LogP contribution is 2.24. The first kappa shape index (κ1) is 22.6. The number of hydrogen-bond acceptors (Lipinski definition) is 5. The lowest BCUT2D eigenvalue weighted by Crippen LogP contribution is -2.31. The summed E-state index contributed by atoms with van der Waals surface area (Å²) in [5, 5.41) is 9.40. The highest BCUT2D eigenvalue weighted by molar-refractivity contribution is 7.99. The van der Waals surface area contributed by atoms with Crippen molar-refractivity contribution >= 4 is 23.5 Å². The van der Waals surface area contributed by atoms with E-state index in [1.807, 2.05) is 36.3 Å². The molecule has 0 aromatic carbocycles. The normalized spacial score (nSPS) is 15.1. The van der Waals surface area contributed by atoms with Crippen molar-refractivity contribution in [3.05, 3.63) is 28.8 Å². The molecule has 0 aliphatic carbocycles. The van der Waals surface area contributed by atoms with Crippen molar-refractivity contribution in [2.24, 2.45) is 0 Å². The van der Waals surface area contributed by atoms with Crippen molar-refractivity contribution in [1.29, 1.82) is 0 Å². The first-order valence-electron chi connectivity index (χ1n) is 10.9. The van der Waals surface area contributed by atoms with Crippen LogP contribution in [0.25, 0.3) is 0 Å². The number of likely N-dealkylation sites (tertiary alicyclic amines) is 1. The van der Waals surface area contributed by atoms with Crippen molar-refractivity contribution < 1.29 is 9.59 Å². The maximum Gasteiger partial charge on any atom is 0.222 e. The van der Waals surface area contributed by atoms with Crippen LogP contribution in [0.3, 0.4) is 0 Å². The second-order valence-electron chi connectivity index (χ2n) is 8.23. The topological polar surface area (TPSA) is 73.0 Å². The monoisotopic (exact) mass is 431 g/mol. The number of hydrogen-bond donors (Lipinski definition) is 0. The lowest BCUT2D eigenvalue weighted by Gasteiger charge is -2.20. The molecule has 0 N–H and O–H groups in total. The summed E-state index contributed by atoms with van der Waals surface area (Å²) in [7, 11) is 0. The van der Waals surface area contributed by atoms with Gasteiger partial charge in [-0.05, 0) is 53.5 Å². The number of carbonyl (C=O) groups excluding carboxylic acids is 2. The fourth-order valence-electron chi connectivity index (χ4n) is 4.30. The molecule has 164 valence electrons. The molecule has 3 rings (SSSR count). The first-order valence-corrected chi connectivity index (χ1v) is 11.9. The van der Waals surface area contributed by atoms with E-state index in [2.05, 4.69) is 28.6 Å². The van der Waals surface area contributed by atoms with Gasteiger partial charge < -0.3 is 14.0 Å². The van der Waals surface area contributed by atoms with Gasteiger partial charge in [0.1, 0.15) is 0 Å². The summed E-state index contributed by atoms with van der Waals surface area (Å²) >= 11 is 1.42. The van der Waals surface area contributed by atoms with Crippen molar-refractivity contribution in [2.75, 3.05) is 12.3 Å². The van der Waals surface area contributed by atoms with Crippen LogP contribution >= 0.6 is 11.8 Å². The maximum absolute atomic E-state index is 12.9. The predicted molar refractivity (Wildman–Crippen MR) is 119 cm³/mol. The van der Waals surface area contributed by atoms with Gasteiger partial charge in [-0.15, -0.1) is 10.2 Å². The molecule has 2 aromatic heterocycles. The van der Waals surface area contributed by atoms with Gasteiger partial charge in [-0.25, -0.2) is 0 Å². The fourth-order valence-corrected chi connectivity index (χ4v) is 5.20. The molecule has 3 heterocycles. The van der Waals surface area contributed by atoms with Crippen LogP contribution in [-0.4, -0.2) is 48.2 Å². The Labute approximate surface area is 183 Å². The minimum Gasteiger partial charge on any atom is -0.346 e. The molecular weight excluding hydrogens is 398 g/mol. The van der Waals surface area contributed by atoms with Crippen molar-refractivity contribution in [2.45, 2.75) is 84.6 Å². The quantitative estimate of drug-likeness (QED) is 0.463. The Kier molecular flexibility index (Phi) is 7.39. The van der Waals surface area contributed by atoms with Crippen LogP contribution < -0.4 is 0 Å². The van der Waals surface area contributed by atoms with Crippen LogP contribution in [0, 0.1) is 13.8 Å². The summed E-state index contributed by atoms with van der Waals surface area (Å²) in [6, 6.07) is 2.31. The largest absolute Gasteiger partial charge is 0.346 e. The molecule has 1 amide bonds. The lowest BCUT2D eigenvalue weighted by atomic mass is 10.2. The Morgan fingerprint density at radius 3 is 2.63 bits per heavy atom. The second kappa shape index (κ2) is 9.81. The molecule has 30 heavy (non-hydrogen) atoms. The summed E-state index contributed by atoms with van der Waals surface area (Å²) in [6.45, 7) is 12.3. The second-order valence-corrected chi connectivity index (χ2v) is 9.17. The van der Waals surface area contributed by atoms with Gasteiger partial charge in [0.2, 0.25) is 5.91 Å². The number of Topliss-reactive ketones (excluding diaryl/α,β-unsaturated/α-hetero) is 1. The zero-order chi connectivity index (χ0) is 21.8. The van der Waals surface area contributed by atoms with Crippen LogP contribution in [0.1, 0.15) is 80.1 Å². The van der Waals surface area contributed by atoms with E-state index in [4.69, 9.17) is 0 Å². The van der Waals surface area contributed by atoms with Gasteiger partial charge in [0.05, 0.1) is 12.3 Å². The van der Waals surface area contributed by atoms with Gasteiger partial charge in [-0.1, -0.05) is 18.2 Å². The highest BCUT2D eigenvalue weighted by atomic mass is 32.2. The summed E-state index contributed by atoms with van der Waals surface area (Å²) in [6.07, 6.45) is 3.72. The van der Waals surface area contributed by atoms with E-state index in [-0.39, 0.29) is 11.7 Å². The molecule has 1 aliphatic rings. The molecule has 0 atom stereocenters. The number of aromatic nitrogens is 4. The number of nitrogens with zero attached hydrogens (tertiary/aromatic N) is 5. The molecule has 0 saturated carbocycles. The molecule has 0 unspecified atom stereocenters. The third-order valence-electron chi connectivity index (χ3n) is 5.75. The Hall–Kier alpha value is -2.09. The van der Waals surface area contributed by atoms with E-state index in [0.29, 0.717) is 31.3 Å². The predicted octanol–water partition coefficient (Wildman–Crippen LogP) is 4.17. The third-order valence-corrected chi connectivity index (χ3v) is 6.71. The van der Waals surface area contributed by atoms with Crippen LogP contribution in [0.5, 0.6) is 0 Å². The van der Waals surface area contributed by atoms with Crippen molar-refractivity contribution in [1.82, 2.24) is 24.2 Å². The minimum absolute atomic E-state index is 0.106. The summed E-state index contributed by atoms with van der Waals surface area (Å²) in [5.74, 6) is 1.42. The molecule has 0 bridgehead atoms. The van der Waals surface area contributed by atoms with E-state index in [1.165, 1.54) is 11.8 Å². The van der Waals surface area contributed by atoms with E-state index in [0.717, 1.165) is 53.7 Å². The van der Waals surface area contributed by atoms with Gasteiger partial charge in [0.25, 0.3) is 0 Å². The summed E-state index contributed by atoms with van der Waals surface area (Å²) in [5.41, 5.74) is 2.91.